The highest BCUT2D eigenvalue weighted by molar-refractivity contribution is 5.88. The summed E-state index contributed by atoms with van der Waals surface area (Å²) in [7, 11) is 0. The van der Waals surface area contributed by atoms with E-state index in [1.807, 2.05) is 0 Å². The van der Waals surface area contributed by atoms with Crippen molar-refractivity contribution in [3.8, 4) is 0 Å². The highest BCUT2D eigenvalue weighted by atomic mass is 19.1. The molecule has 1 rings (SSSR count). The minimum atomic E-state index is -0.304. The zero-order chi connectivity index (χ0) is 9.68. The first-order valence-electron chi connectivity index (χ1n) is 3.71. The molecule has 0 spiro atoms. The standard InChI is InChI=1S/C9H10FN3/c10-7-2-1-3-8(6-7)13-5-4-9(11)12/h1-6,13H,(H3,11,12)/b5-4-. The van der Waals surface area contributed by atoms with Crippen molar-refractivity contribution in [2.75, 3.05) is 5.32 Å². The summed E-state index contributed by atoms with van der Waals surface area (Å²) in [6.07, 6.45) is 2.86. The van der Waals surface area contributed by atoms with Crippen LogP contribution in [0.2, 0.25) is 0 Å². The SMILES string of the molecule is N=C(N)/C=C\Nc1cccc(F)c1. The van der Waals surface area contributed by atoms with E-state index in [1.54, 1.807) is 12.1 Å². The Morgan fingerprint density at radius 2 is 2.31 bits per heavy atom. The zero-order valence-corrected chi connectivity index (χ0v) is 6.92. The summed E-state index contributed by atoms with van der Waals surface area (Å²) in [6.45, 7) is 0. The quantitative estimate of drug-likeness (QED) is 0.488. The van der Waals surface area contributed by atoms with Crippen LogP contribution in [0.5, 0.6) is 0 Å². The van der Waals surface area contributed by atoms with Gasteiger partial charge in [-0.3, -0.25) is 5.41 Å². The summed E-state index contributed by atoms with van der Waals surface area (Å²) in [4.78, 5) is 0. The minimum Gasteiger partial charge on any atom is -0.384 e. The molecule has 68 valence electrons. The average molecular weight is 179 g/mol. The molecule has 0 saturated carbocycles. The first-order valence-corrected chi connectivity index (χ1v) is 3.71. The molecule has 0 atom stereocenters. The van der Waals surface area contributed by atoms with E-state index in [2.05, 4.69) is 5.32 Å². The molecule has 0 aliphatic heterocycles. The van der Waals surface area contributed by atoms with Gasteiger partial charge in [0.25, 0.3) is 0 Å². The smallest absolute Gasteiger partial charge is 0.125 e. The molecule has 0 radical (unpaired) electrons. The molecule has 4 N–H and O–H groups in total. The lowest BCUT2D eigenvalue weighted by atomic mass is 10.3. The second-order valence-corrected chi connectivity index (χ2v) is 2.44. The van der Waals surface area contributed by atoms with Gasteiger partial charge >= 0.3 is 0 Å². The lowest BCUT2D eigenvalue weighted by molar-refractivity contribution is 0.628. The number of hydrogen-bond acceptors (Lipinski definition) is 2. The van der Waals surface area contributed by atoms with Gasteiger partial charge in [0, 0.05) is 11.9 Å². The Kier molecular flexibility index (Phi) is 3.03. The van der Waals surface area contributed by atoms with Crippen molar-refractivity contribution in [2.24, 2.45) is 5.73 Å². The van der Waals surface area contributed by atoms with Gasteiger partial charge in [0.1, 0.15) is 11.7 Å². The lowest BCUT2D eigenvalue weighted by Crippen LogP contribution is -2.05. The Labute approximate surface area is 75.6 Å². The van der Waals surface area contributed by atoms with Crippen LogP contribution in [0.15, 0.2) is 36.5 Å². The first kappa shape index (κ1) is 9.25. The monoisotopic (exact) mass is 179 g/mol. The Hall–Kier alpha value is -1.84. The van der Waals surface area contributed by atoms with Crippen LogP contribution in [0.25, 0.3) is 0 Å². The number of nitrogens with two attached hydrogens (primary N) is 1. The summed E-state index contributed by atoms with van der Waals surface area (Å²) >= 11 is 0. The summed E-state index contributed by atoms with van der Waals surface area (Å²) in [5.74, 6) is -0.356. The summed E-state index contributed by atoms with van der Waals surface area (Å²) < 4.78 is 12.6. The molecule has 0 saturated heterocycles. The first-order chi connectivity index (χ1) is 6.18. The third kappa shape index (κ3) is 3.37. The fourth-order valence-corrected chi connectivity index (χ4v) is 0.806. The third-order valence-electron chi connectivity index (χ3n) is 1.34. The van der Waals surface area contributed by atoms with E-state index in [9.17, 15) is 4.39 Å². The number of rotatable bonds is 3. The number of anilines is 1. The van der Waals surface area contributed by atoms with E-state index >= 15 is 0 Å². The van der Waals surface area contributed by atoms with Crippen LogP contribution >= 0.6 is 0 Å². The topological polar surface area (TPSA) is 61.9 Å². The number of amidine groups is 1. The van der Waals surface area contributed by atoms with Crippen LogP contribution in [0, 0.1) is 11.2 Å². The second-order valence-electron chi connectivity index (χ2n) is 2.44. The molecule has 0 aromatic heterocycles. The molecule has 0 aliphatic carbocycles. The van der Waals surface area contributed by atoms with Gasteiger partial charge in [-0.05, 0) is 24.3 Å². The fraction of sp³-hybridized carbons (Fsp3) is 0. The maximum Gasteiger partial charge on any atom is 0.125 e. The fourth-order valence-electron chi connectivity index (χ4n) is 0.806. The molecule has 0 heterocycles. The minimum absolute atomic E-state index is 0.0519. The summed E-state index contributed by atoms with van der Waals surface area (Å²) in [5, 5.41) is 9.65. The Morgan fingerprint density at radius 1 is 1.54 bits per heavy atom. The van der Waals surface area contributed by atoms with Gasteiger partial charge in [0.2, 0.25) is 0 Å². The lowest BCUT2D eigenvalue weighted by Gasteiger charge is -1.99. The van der Waals surface area contributed by atoms with Crippen molar-refractivity contribution in [1.29, 1.82) is 5.41 Å². The predicted molar refractivity (Wildman–Crippen MR) is 51.1 cm³/mol. The number of halogens is 1. The number of nitrogens with one attached hydrogen (secondary N) is 2. The molecule has 13 heavy (non-hydrogen) atoms. The molecule has 0 aliphatic rings. The maximum atomic E-state index is 12.6. The number of hydrogen-bond donors (Lipinski definition) is 3. The van der Waals surface area contributed by atoms with E-state index in [0.29, 0.717) is 5.69 Å². The van der Waals surface area contributed by atoms with E-state index in [4.69, 9.17) is 11.1 Å². The zero-order valence-electron chi connectivity index (χ0n) is 6.92. The van der Waals surface area contributed by atoms with Crippen LogP contribution in [0.4, 0.5) is 10.1 Å². The molecular weight excluding hydrogens is 169 g/mol. The van der Waals surface area contributed by atoms with Crippen molar-refractivity contribution in [3.63, 3.8) is 0 Å². The van der Waals surface area contributed by atoms with E-state index in [-0.39, 0.29) is 11.7 Å². The molecule has 3 nitrogen and oxygen atoms in total. The molecule has 1 aromatic carbocycles. The van der Waals surface area contributed by atoms with Crippen molar-refractivity contribution < 1.29 is 4.39 Å². The summed E-state index contributed by atoms with van der Waals surface area (Å²) in [6, 6.07) is 6.02. The average Bonchev–Trinajstić information content (AvgIpc) is 2.03. The number of benzene rings is 1. The van der Waals surface area contributed by atoms with Crippen molar-refractivity contribution in [3.05, 3.63) is 42.4 Å². The van der Waals surface area contributed by atoms with Gasteiger partial charge in [-0.25, -0.2) is 4.39 Å². The molecule has 0 unspecified atom stereocenters. The normalized spacial score (nSPS) is 10.2. The molecular formula is C9H10FN3. The van der Waals surface area contributed by atoms with Crippen molar-refractivity contribution in [2.45, 2.75) is 0 Å². The van der Waals surface area contributed by atoms with Gasteiger partial charge in [-0.2, -0.15) is 0 Å². The van der Waals surface area contributed by atoms with Crippen molar-refractivity contribution >= 4 is 11.5 Å². The van der Waals surface area contributed by atoms with Gasteiger partial charge in [0.15, 0.2) is 0 Å². The van der Waals surface area contributed by atoms with Gasteiger partial charge < -0.3 is 11.1 Å². The maximum absolute atomic E-state index is 12.6. The van der Waals surface area contributed by atoms with E-state index < -0.39 is 0 Å². The predicted octanol–water partition coefficient (Wildman–Crippen LogP) is 1.69. The van der Waals surface area contributed by atoms with E-state index in [0.717, 1.165) is 0 Å². The van der Waals surface area contributed by atoms with Gasteiger partial charge in [-0.15, -0.1) is 0 Å². The Bertz CT molecular complexity index is 333. The molecule has 0 bridgehead atoms. The van der Waals surface area contributed by atoms with Gasteiger partial charge in [0.05, 0.1) is 0 Å². The third-order valence-corrected chi connectivity index (χ3v) is 1.34. The molecule has 0 fully saturated rings. The van der Waals surface area contributed by atoms with E-state index in [1.165, 1.54) is 24.4 Å². The highest BCUT2D eigenvalue weighted by Crippen LogP contribution is 2.08. The molecule has 0 amide bonds. The van der Waals surface area contributed by atoms with Crippen LogP contribution in [-0.4, -0.2) is 5.84 Å². The van der Waals surface area contributed by atoms with Crippen molar-refractivity contribution in [1.82, 2.24) is 0 Å². The Balaban J connectivity index is 2.59. The van der Waals surface area contributed by atoms with Crippen LogP contribution < -0.4 is 11.1 Å². The summed E-state index contributed by atoms with van der Waals surface area (Å²) in [5.41, 5.74) is 5.69. The molecule has 1 aromatic rings. The van der Waals surface area contributed by atoms with Crippen LogP contribution in [0.1, 0.15) is 0 Å². The molecule has 4 heteroatoms. The Morgan fingerprint density at radius 3 is 2.92 bits per heavy atom. The van der Waals surface area contributed by atoms with Crippen LogP contribution in [0.3, 0.4) is 0 Å². The van der Waals surface area contributed by atoms with Gasteiger partial charge in [-0.1, -0.05) is 6.07 Å². The largest absolute Gasteiger partial charge is 0.384 e. The second kappa shape index (κ2) is 4.25. The highest BCUT2D eigenvalue weighted by Gasteiger charge is 1.90. The van der Waals surface area contributed by atoms with Crippen LogP contribution in [-0.2, 0) is 0 Å².